The molecule has 0 spiro atoms. The minimum absolute atomic E-state index is 0.0611. The first kappa shape index (κ1) is 19.3. The SMILES string of the molecule is CC(C)(C)C(=O)CCC(=O)NCCc1ccc(S(N)(=O)=O)cc1. The summed E-state index contributed by atoms with van der Waals surface area (Å²) in [5.41, 5.74) is 0.467. The van der Waals surface area contributed by atoms with E-state index >= 15 is 0 Å². The van der Waals surface area contributed by atoms with Crippen molar-refractivity contribution in [3.8, 4) is 0 Å². The van der Waals surface area contributed by atoms with Crippen molar-refractivity contribution in [2.45, 2.75) is 44.9 Å². The van der Waals surface area contributed by atoms with E-state index in [1.54, 1.807) is 12.1 Å². The number of amides is 1. The first-order chi connectivity index (χ1) is 10.5. The average Bonchev–Trinajstić information content (AvgIpc) is 2.43. The summed E-state index contributed by atoms with van der Waals surface area (Å²) in [6.45, 7) is 5.92. The highest BCUT2D eigenvalue weighted by Crippen LogP contribution is 2.17. The van der Waals surface area contributed by atoms with Gasteiger partial charge in [-0.25, -0.2) is 13.6 Å². The number of Topliss-reactive ketones (excluding diaryl/α,β-unsaturated/α-hetero) is 1. The number of hydrogen-bond acceptors (Lipinski definition) is 4. The van der Waals surface area contributed by atoms with Crippen LogP contribution in [0.25, 0.3) is 0 Å². The second-order valence-corrected chi connectivity index (χ2v) is 8.02. The number of sulfonamides is 1. The number of carbonyl (C=O) groups is 2. The molecule has 0 fully saturated rings. The molecule has 1 aromatic carbocycles. The Hall–Kier alpha value is -1.73. The fraction of sp³-hybridized carbons (Fsp3) is 0.500. The minimum Gasteiger partial charge on any atom is -0.356 e. The van der Waals surface area contributed by atoms with Crippen LogP contribution in [0.5, 0.6) is 0 Å². The Bertz CT molecular complexity index is 658. The van der Waals surface area contributed by atoms with Crippen LogP contribution in [0.15, 0.2) is 29.2 Å². The zero-order valence-electron chi connectivity index (χ0n) is 13.8. The molecule has 1 amide bonds. The second kappa shape index (κ2) is 7.70. The van der Waals surface area contributed by atoms with Crippen LogP contribution < -0.4 is 10.5 Å². The van der Waals surface area contributed by atoms with Crippen LogP contribution in [-0.2, 0) is 26.0 Å². The van der Waals surface area contributed by atoms with Gasteiger partial charge in [-0.05, 0) is 24.1 Å². The number of hydrogen-bond donors (Lipinski definition) is 2. The first-order valence-corrected chi connectivity index (χ1v) is 8.96. The zero-order valence-corrected chi connectivity index (χ0v) is 14.6. The van der Waals surface area contributed by atoms with Gasteiger partial charge in [0, 0.05) is 24.8 Å². The number of nitrogens with two attached hydrogens (primary N) is 1. The highest BCUT2D eigenvalue weighted by atomic mass is 32.2. The Morgan fingerprint density at radius 3 is 2.13 bits per heavy atom. The molecule has 1 aromatic rings. The number of rotatable bonds is 7. The first-order valence-electron chi connectivity index (χ1n) is 7.42. The highest BCUT2D eigenvalue weighted by molar-refractivity contribution is 7.89. The Morgan fingerprint density at radius 2 is 1.65 bits per heavy atom. The van der Waals surface area contributed by atoms with E-state index in [1.165, 1.54) is 12.1 Å². The zero-order chi connectivity index (χ0) is 17.7. The smallest absolute Gasteiger partial charge is 0.238 e. The summed E-state index contributed by atoms with van der Waals surface area (Å²) in [5, 5.41) is 7.77. The maximum Gasteiger partial charge on any atom is 0.238 e. The van der Waals surface area contributed by atoms with E-state index in [1.807, 2.05) is 20.8 Å². The van der Waals surface area contributed by atoms with Crippen LogP contribution in [0.2, 0.25) is 0 Å². The molecule has 0 aliphatic heterocycles. The van der Waals surface area contributed by atoms with Crippen LogP contribution in [0.1, 0.15) is 39.2 Å². The van der Waals surface area contributed by atoms with Gasteiger partial charge in [0.05, 0.1) is 4.90 Å². The Morgan fingerprint density at radius 1 is 1.09 bits per heavy atom. The highest BCUT2D eigenvalue weighted by Gasteiger charge is 2.21. The number of nitrogens with one attached hydrogen (secondary N) is 1. The van der Waals surface area contributed by atoms with E-state index in [0.29, 0.717) is 13.0 Å². The molecule has 7 heteroatoms. The van der Waals surface area contributed by atoms with Crippen LogP contribution in [0, 0.1) is 5.41 Å². The number of carbonyl (C=O) groups excluding carboxylic acids is 2. The molecule has 0 unspecified atom stereocenters. The molecule has 0 saturated heterocycles. The van der Waals surface area contributed by atoms with Crippen molar-refractivity contribution in [3.05, 3.63) is 29.8 Å². The molecule has 23 heavy (non-hydrogen) atoms. The van der Waals surface area contributed by atoms with Crippen molar-refractivity contribution < 1.29 is 18.0 Å². The number of primary sulfonamides is 1. The normalized spacial score (nSPS) is 12.0. The lowest BCUT2D eigenvalue weighted by Gasteiger charge is -2.16. The third-order valence-electron chi connectivity index (χ3n) is 3.40. The molecule has 0 heterocycles. The summed E-state index contributed by atoms with van der Waals surface area (Å²) in [6.07, 6.45) is 0.989. The maximum atomic E-state index is 11.7. The summed E-state index contributed by atoms with van der Waals surface area (Å²) >= 11 is 0. The molecule has 3 N–H and O–H groups in total. The summed E-state index contributed by atoms with van der Waals surface area (Å²) in [7, 11) is -3.68. The molecule has 0 aliphatic rings. The van der Waals surface area contributed by atoms with Gasteiger partial charge >= 0.3 is 0 Å². The molecule has 0 aromatic heterocycles. The van der Waals surface area contributed by atoms with Crippen LogP contribution in [0.4, 0.5) is 0 Å². The monoisotopic (exact) mass is 340 g/mol. The molecule has 0 atom stereocenters. The second-order valence-electron chi connectivity index (χ2n) is 6.46. The maximum absolute atomic E-state index is 11.7. The molecular weight excluding hydrogens is 316 g/mol. The fourth-order valence-electron chi connectivity index (χ4n) is 1.88. The van der Waals surface area contributed by atoms with Gasteiger partial charge in [0.15, 0.2) is 0 Å². The summed E-state index contributed by atoms with van der Waals surface area (Å²) in [5.74, 6) is -0.102. The van der Waals surface area contributed by atoms with E-state index < -0.39 is 15.4 Å². The molecule has 0 bridgehead atoms. The molecule has 128 valence electrons. The largest absolute Gasteiger partial charge is 0.356 e. The third kappa shape index (κ3) is 6.92. The van der Waals surface area contributed by atoms with Gasteiger partial charge in [0.2, 0.25) is 15.9 Å². The van der Waals surface area contributed by atoms with Crippen LogP contribution >= 0.6 is 0 Å². The predicted molar refractivity (Wildman–Crippen MR) is 88.2 cm³/mol. The van der Waals surface area contributed by atoms with E-state index in [2.05, 4.69) is 5.32 Å². The molecule has 0 radical (unpaired) electrons. The van der Waals surface area contributed by atoms with Crippen molar-refractivity contribution in [2.75, 3.05) is 6.54 Å². The van der Waals surface area contributed by atoms with Crippen molar-refractivity contribution in [1.29, 1.82) is 0 Å². The van der Waals surface area contributed by atoms with Gasteiger partial charge in [-0.3, -0.25) is 9.59 Å². The summed E-state index contributed by atoms with van der Waals surface area (Å²) in [6, 6.07) is 6.20. The Kier molecular flexibility index (Phi) is 6.47. The molecule has 0 saturated carbocycles. The van der Waals surface area contributed by atoms with Gasteiger partial charge in [0.1, 0.15) is 5.78 Å². The van der Waals surface area contributed by atoms with E-state index in [9.17, 15) is 18.0 Å². The van der Waals surface area contributed by atoms with Gasteiger partial charge < -0.3 is 5.32 Å². The topological polar surface area (TPSA) is 106 Å². The quantitative estimate of drug-likeness (QED) is 0.782. The summed E-state index contributed by atoms with van der Waals surface area (Å²) in [4.78, 5) is 23.5. The molecule has 1 rings (SSSR count). The fourth-order valence-corrected chi connectivity index (χ4v) is 2.40. The Labute approximate surface area is 137 Å². The molecule has 6 nitrogen and oxygen atoms in total. The van der Waals surface area contributed by atoms with Crippen molar-refractivity contribution in [3.63, 3.8) is 0 Å². The third-order valence-corrected chi connectivity index (χ3v) is 4.33. The lowest BCUT2D eigenvalue weighted by atomic mass is 9.88. The van der Waals surface area contributed by atoms with Crippen molar-refractivity contribution in [1.82, 2.24) is 5.32 Å². The molecule has 0 aliphatic carbocycles. The predicted octanol–water partition coefficient (Wildman–Crippen LogP) is 1.39. The lowest BCUT2D eigenvalue weighted by Crippen LogP contribution is -2.28. The molecular formula is C16H24N2O4S. The van der Waals surface area contributed by atoms with Crippen molar-refractivity contribution >= 4 is 21.7 Å². The Balaban J connectivity index is 2.37. The average molecular weight is 340 g/mol. The standard InChI is InChI=1S/C16H24N2O4S/c1-16(2,3)14(19)8-9-15(20)18-11-10-12-4-6-13(7-5-12)23(17,21)22/h4-7H,8-11H2,1-3H3,(H,18,20)(H2,17,21,22). The lowest BCUT2D eigenvalue weighted by molar-refractivity contribution is -0.129. The van der Waals surface area contributed by atoms with Crippen LogP contribution in [0.3, 0.4) is 0 Å². The van der Waals surface area contributed by atoms with E-state index in [0.717, 1.165) is 5.56 Å². The number of ketones is 1. The number of benzene rings is 1. The van der Waals surface area contributed by atoms with Crippen LogP contribution in [-0.4, -0.2) is 26.7 Å². The van der Waals surface area contributed by atoms with Gasteiger partial charge in [0.25, 0.3) is 0 Å². The van der Waals surface area contributed by atoms with E-state index in [-0.39, 0.29) is 29.4 Å². The van der Waals surface area contributed by atoms with Gasteiger partial charge in [-0.15, -0.1) is 0 Å². The van der Waals surface area contributed by atoms with E-state index in [4.69, 9.17) is 5.14 Å². The summed E-state index contributed by atoms with van der Waals surface area (Å²) < 4.78 is 22.3. The van der Waals surface area contributed by atoms with Crippen molar-refractivity contribution in [2.24, 2.45) is 10.6 Å². The van der Waals surface area contributed by atoms with Gasteiger partial charge in [-0.1, -0.05) is 32.9 Å². The minimum atomic E-state index is -3.68. The van der Waals surface area contributed by atoms with Gasteiger partial charge in [-0.2, -0.15) is 0 Å².